The average molecular weight is 276 g/mol. The standard InChI is InChI=1S/C13H20N6O/c1-18-16-13(15-17-18)10-19(9-3-8-14)11-4-6-12(20-2)7-5-11/h4-7H,3,8-10,14H2,1-2H3. The van der Waals surface area contributed by atoms with E-state index < -0.39 is 0 Å². The van der Waals surface area contributed by atoms with Crippen molar-refractivity contribution in [3.8, 4) is 5.75 Å². The average Bonchev–Trinajstić information content (AvgIpc) is 2.89. The number of benzene rings is 1. The van der Waals surface area contributed by atoms with Crippen molar-refractivity contribution in [1.82, 2.24) is 20.2 Å². The maximum absolute atomic E-state index is 5.60. The third-order valence-corrected chi connectivity index (χ3v) is 2.95. The van der Waals surface area contributed by atoms with Gasteiger partial charge in [-0.3, -0.25) is 0 Å². The normalized spacial score (nSPS) is 10.6. The molecule has 7 heteroatoms. The molecule has 0 amide bonds. The van der Waals surface area contributed by atoms with Crippen LogP contribution in [0.2, 0.25) is 0 Å². The second kappa shape index (κ2) is 6.85. The Balaban J connectivity index is 2.12. The fraction of sp³-hybridized carbons (Fsp3) is 0.462. The molecule has 0 radical (unpaired) electrons. The number of ether oxygens (including phenoxy) is 1. The monoisotopic (exact) mass is 276 g/mol. The number of aromatic nitrogens is 4. The molecule has 2 aromatic rings. The van der Waals surface area contributed by atoms with Gasteiger partial charge in [-0.05, 0) is 42.4 Å². The topological polar surface area (TPSA) is 82.1 Å². The summed E-state index contributed by atoms with van der Waals surface area (Å²) in [4.78, 5) is 3.65. The summed E-state index contributed by atoms with van der Waals surface area (Å²) in [7, 11) is 3.42. The van der Waals surface area contributed by atoms with E-state index in [1.54, 1.807) is 14.2 Å². The molecular weight excluding hydrogens is 256 g/mol. The van der Waals surface area contributed by atoms with Gasteiger partial charge in [0.1, 0.15) is 5.75 Å². The molecule has 108 valence electrons. The largest absolute Gasteiger partial charge is 0.497 e. The predicted molar refractivity (Wildman–Crippen MR) is 76.5 cm³/mol. The van der Waals surface area contributed by atoms with Crippen molar-refractivity contribution in [2.75, 3.05) is 25.1 Å². The first-order chi connectivity index (χ1) is 9.72. The Hall–Kier alpha value is -2.15. The number of tetrazole rings is 1. The SMILES string of the molecule is COc1ccc(N(CCCN)Cc2nnn(C)n2)cc1. The Morgan fingerprint density at radius 1 is 1.30 bits per heavy atom. The van der Waals surface area contributed by atoms with Gasteiger partial charge in [-0.2, -0.15) is 4.80 Å². The van der Waals surface area contributed by atoms with Gasteiger partial charge >= 0.3 is 0 Å². The van der Waals surface area contributed by atoms with E-state index in [1.807, 2.05) is 24.3 Å². The lowest BCUT2D eigenvalue weighted by molar-refractivity contribution is 0.415. The minimum Gasteiger partial charge on any atom is -0.497 e. The van der Waals surface area contributed by atoms with E-state index in [-0.39, 0.29) is 0 Å². The fourth-order valence-electron chi connectivity index (χ4n) is 1.93. The summed E-state index contributed by atoms with van der Waals surface area (Å²) >= 11 is 0. The van der Waals surface area contributed by atoms with Gasteiger partial charge in [-0.25, -0.2) is 0 Å². The van der Waals surface area contributed by atoms with Crippen LogP contribution in [-0.2, 0) is 13.6 Å². The number of nitrogens with zero attached hydrogens (tertiary/aromatic N) is 5. The van der Waals surface area contributed by atoms with E-state index in [2.05, 4.69) is 20.3 Å². The number of anilines is 1. The predicted octanol–water partition coefficient (Wildman–Crippen LogP) is 0.574. The third kappa shape index (κ3) is 3.67. The second-order valence-corrected chi connectivity index (χ2v) is 4.46. The molecule has 0 aliphatic carbocycles. The van der Waals surface area contributed by atoms with Gasteiger partial charge in [0, 0.05) is 12.2 Å². The molecule has 0 saturated heterocycles. The number of aryl methyl sites for hydroxylation is 1. The van der Waals surface area contributed by atoms with Crippen LogP contribution in [0.5, 0.6) is 5.75 Å². The highest BCUT2D eigenvalue weighted by molar-refractivity contribution is 5.49. The number of methoxy groups -OCH3 is 1. The molecule has 0 saturated carbocycles. The van der Waals surface area contributed by atoms with Gasteiger partial charge in [0.2, 0.25) is 0 Å². The lowest BCUT2D eigenvalue weighted by Crippen LogP contribution is -2.26. The molecule has 0 aliphatic heterocycles. The van der Waals surface area contributed by atoms with Crippen molar-refractivity contribution in [1.29, 1.82) is 0 Å². The van der Waals surface area contributed by atoms with Gasteiger partial charge < -0.3 is 15.4 Å². The summed E-state index contributed by atoms with van der Waals surface area (Å²) in [5.41, 5.74) is 6.69. The summed E-state index contributed by atoms with van der Waals surface area (Å²) in [6.07, 6.45) is 0.909. The Labute approximate surface area is 118 Å². The smallest absolute Gasteiger partial charge is 0.193 e. The van der Waals surface area contributed by atoms with Crippen LogP contribution >= 0.6 is 0 Å². The fourth-order valence-corrected chi connectivity index (χ4v) is 1.93. The van der Waals surface area contributed by atoms with E-state index in [4.69, 9.17) is 10.5 Å². The third-order valence-electron chi connectivity index (χ3n) is 2.95. The van der Waals surface area contributed by atoms with E-state index in [0.717, 1.165) is 24.4 Å². The van der Waals surface area contributed by atoms with Crippen molar-refractivity contribution < 1.29 is 4.74 Å². The highest BCUT2D eigenvalue weighted by atomic mass is 16.5. The summed E-state index contributed by atoms with van der Waals surface area (Å²) in [5.74, 6) is 1.53. The van der Waals surface area contributed by atoms with Gasteiger partial charge in [-0.15, -0.1) is 10.2 Å². The molecule has 0 spiro atoms. The Kier molecular flexibility index (Phi) is 4.89. The Bertz CT molecular complexity index is 524. The van der Waals surface area contributed by atoms with Crippen LogP contribution in [0.1, 0.15) is 12.2 Å². The highest BCUT2D eigenvalue weighted by Crippen LogP contribution is 2.20. The number of hydrogen-bond acceptors (Lipinski definition) is 6. The maximum Gasteiger partial charge on any atom is 0.193 e. The zero-order chi connectivity index (χ0) is 14.4. The number of hydrogen-bond donors (Lipinski definition) is 1. The highest BCUT2D eigenvalue weighted by Gasteiger charge is 2.10. The molecule has 0 atom stereocenters. The van der Waals surface area contributed by atoms with Crippen LogP contribution in [0.3, 0.4) is 0 Å². The van der Waals surface area contributed by atoms with Gasteiger partial charge in [0.05, 0.1) is 20.7 Å². The molecule has 0 unspecified atom stereocenters. The maximum atomic E-state index is 5.60. The molecule has 20 heavy (non-hydrogen) atoms. The van der Waals surface area contributed by atoms with E-state index in [1.165, 1.54) is 4.80 Å². The van der Waals surface area contributed by atoms with Crippen molar-refractivity contribution in [2.24, 2.45) is 12.8 Å². The lowest BCUT2D eigenvalue weighted by Gasteiger charge is -2.23. The molecule has 1 aromatic carbocycles. The van der Waals surface area contributed by atoms with E-state index in [0.29, 0.717) is 18.9 Å². The van der Waals surface area contributed by atoms with Crippen LogP contribution in [0, 0.1) is 0 Å². The van der Waals surface area contributed by atoms with Gasteiger partial charge in [0.15, 0.2) is 5.82 Å². The molecule has 0 fully saturated rings. The quantitative estimate of drug-likeness (QED) is 0.796. The molecule has 1 heterocycles. The van der Waals surface area contributed by atoms with Crippen molar-refractivity contribution in [3.63, 3.8) is 0 Å². The molecule has 2 N–H and O–H groups in total. The van der Waals surface area contributed by atoms with Crippen LogP contribution in [0.4, 0.5) is 5.69 Å². The van der Waals surface area contributed by atoms with Crippen LogP contribution < -0.4 is 15.4 Å². The van der Waals surface area contributed by atoms with Crippen LogP contribution in [-0.4, -0.2) is 40.4 Å². The first kappa shape index (κ1) is 14.3. The molecular formula is C13H20N6O. The minimum atomic E-state index is 0.611. The van der Waals surface area contributed by atoms with Crippen LogP contribution in [0.15, 0.2) is 24.3 Å². The van der Waals surface area contributed by atoms with Gasteiger partial charge in [0.25, 0.3) is 0 Å². The minimum absolute atomic E-state index is 0.611. The lowest BCUT2D eigenvalue weighted by atomic mass is 10.2. The van der Waals surface area contributed by atoms with E-state index >= 15 is 0 Å². The molecule has 2 rings (SSSR count). The molecule has 0 bridgehead atoms. The molecule has 1 aromatic heterocycles. The Morgan fingerprint density at radius 3 is 2.60 bits per heavy atom. The summed E-state index contributed by atoms with van der Waals surface area (Å²) in [6.45, 7) is 2.11. The number of nitrogens with two attached hydrogens (primary N) is 1. The summed E-state index contributed by atoms with van der Waals surface area (Å²) in [5, 5.41) is 12.1. The van der Waals surface area contributed by atoms with Gasteiger partial charge in [-0.1, -0.05) is 0 Å². The van der Waals surface area contributed by atoms with Crippen molar-refractivity contribution in [2.45, 2.75) is 13.0 Å². The van der Waals surface area contributed by atoms with Crippen LogP contribution in [0.25, 0.3) is 0 Å². The second-order valence-electron chi connectivity index (χ2n) is 4.46. The summed E-state index contributed by atoms with van der Waals surface area (Å²) < 4.78 is 5.18. The zero-order valence-electron chi connectivity index (χ0n) is 11.9. The first-order valence-corrected chi connectivity index (χ1v) is 6.55. The van der Waals surface area contributed by atoms with E-state index in [9.17, 15) is 0 Å². The molecule has 7 nitrogen and oxygen atoms in total. The summed E-state index contributed by atoms with van der Waals surface area (Å²) in [6, 6.07) is 7.92. The zero-order valence-corrected chi connectivity index (χ0v) is 11.9. The number of rotatable bonds is 7. The molecule has 0 aliphatic rings. The van der Waals surface area contributed by atoms with Crippen molar-refractivity contribution >= 4 is 5.69 Å². The Morgan fingerprint density at radius 2 is 2.05 bits per heavy atom. The van der Waals surface area contributed by atoms with Crippen molar-refractivity contribution in [3.05, 3.63) is 30.1 Å². The first-order valence-electron chi connectivity index (χ1n) is 6.55.